The van der Waals surface area contributed by atoms with Crippen molar-refractivity contribution in [2.75, 3.05) is 20.1 Å². The van der Waals surface area contributed by atoms with E-state index in [4.69, 9.17) is 4.74 Å². The maximum absolute atomic E-state index is 12.1. The van der Waals surface area contributed by atoms with Crippen LogP contribution in [0.1, 0.15) is 32.3 Å². The summed E-state index contributed by atoms with van der Waals surface area (Å²) in [5.41, 5.74) is 1.59. The van der Waals surface area contributed by atoms with E-state index >= 15 is 0 Å². The number of hydrogen-bond acceptors (Lipinski definition) is 3. The highest BCUT2D eigenvalue weighted by atomic mass is 35.5. The van der Waals surface area contributed by atoms with Crippen LogP contribution in [0.5, 0.6) is 0 Å². The van der Waals surface area contributed by atoms with Gasteiger partial charge >= 0.3 is 5.97 Å². The van der Waals surface area contributed by atoms with Gasteiger partial charge in [0.05, 0.1) is 0 Å². The van der Waals surface area contributed by atoms with Crippen molar-refractivity contribution >= 4 is 18.4 Å². The fourth-order valence-electron chi connectivity index (χ4n) is 2.63. The molecule has 1 aliphatic heterocycles. The van der Waals surface area contributed by atoms with E-state index in [0.29, 0.717) is 0 Å². The van der Waals surface area contributed by atoms with Crippen LogP contribution in [0.3, 0.4) is 0 Å². The fourth-order valence-corrected chi connectivity index (χ4v) is 2.63. The molecule has 0 aliphatic carbocycles. The molecule has 0 saturated carbocycles. The van der Waals surface area contributed by atoms with Gasteiger partial charge in [-0.25, -0.2) is 4.79 Å². The van der Waals surface area contributed by atoms with E-state index in [1.165, 1.54) is 0 Å². The Morgan fingerprint density at radius 2 is 1.76 bits per heavy atom. The third-order valence-electron chi connectivity index (χ3n) is 3.80. The average Bonchev–Trinajstić information content (AvgIpc) is 2.42. The highest BCUT2D eigenvalue weighted by Gasteiger charge is 2.38. The lowest BCUT2D eigenvalue weighted by molar-refractivity contribution is -0.160. The first-order valence-electron chi connectivity index (χ1n) is 7.14. The van der Waals surface area contributed by atoms with Crippen LogP contribution in [-0.4, -0.2) is 31.0 Å². The lowest BCUT2D eigenvalue weighted by Crippen LogP contribution is -2.43. The van der Waals surface area contributed by atoms with Gasteiger partial charge in [-0.3, -0.25) is 0 Å². The molecule has 1 saturated heterocycles. The molecular weight excluding hydrogens is 286 g/mol. The molecule has 1 fully saturated rings. The van der Waals surface area contributed by atoms with Crippen molar-refractivity contribution < 1.29 is 9.53 Å². The number of piperidine rings is 1. The largest absolute Gasteiger partial charge is 0.451 e. The van der Waals surface area contributed by atoms with Crippen molar-refractivity contribution in [1.29, 1.82) is 0 Å². The number of halogens is 1. The molecule has 0 atom stereocenters. The predicted molar refractivity (Wildman–Crippen MR) is 87.6 cm³/mol. The van der Waals surface area contributed by atoms with Crippen LogP contribution < -0.4 is 0 Å². The molecule has 3 nitrogen and oxygen atoms in total. The summed E-state index contributed by atoms with van der Waals surface area (Å²) in [6, 6.07) is 10.1. The number of rotatable bonds is 3. The monoisotopic (exact) mass is 309 g/mol. The number of allylic oxidation sites excluding steroid dienone is 1. The van der Waals surface area contributed by atoms with Crippen molar-refractivity contribution in [3.05, 3.63) is 47.5 Å². The number of likely N-dealkylation sites (tertiary alicyclic amines) is 1. The fraction of sp³-hybridized carbons (Fsp3) is 0.471. The lowest BCUT2D eigenvalue weighted by Gasteiger charge is -2.40. The Morgan fingerprint density at radius 3 is 2.29 bits per heavy atom. The summed E-state index contributed by atoms with van der Waals surface area (Å²) < 4.78 is 5.88. The first-order valence-corrected chi connectivity index (χ1v) is 7.14. The molecule has 0 bridgehead atoms. The summed E-state index contributed by atoms with van der Waals surface area (Å²) in [4.78, 5) is 14.3. The zero-order valence-electron chi connectivity index (χ0n) is 13.0. The summed E-state index contributed by atoms with van der Waals surface area (Å²) in [6.45, 7) is 5.70. The van der Waals surface area contributed by atoms with Gasteiger partial charge in [0.15, 0.2) is 0 Å². The Hall–Kier alpha value is -1.32. The molecule has 116 valence electrons. The predicted octanol–water partition coefficient (Wildman–Crippen LogP) is 3.54. The van der Waals surface area contributed by atoms with Crippen LogP contribution in [0.25, 0.3) is 0 Å². The molecule has 1 aromatic carbocycles. The zero-order valence-corrected chi connectivity index (χ0v) is 13.8. The summed E-state index contributed by atoms with van der Waals surface area (Å²) >= 11 is 0. The smallest absolute Gasteiger partial charge is 0.331 e. The topological polar surface area (TPSA) is 29.5 Å². The second-order valence-corrected chi connectivity index (χ2v) is 5.81. The lowest BCUT2D eigenvalue weighted by atomic mass is 9.84. The number of ether oxygens (including phenoxy) is 1. The molecule has 0 radical (unpaired) electrons. The number of nitrogens with zero attached hydrogens (tertiary/aromatic N) is 1. The van der Waals surface area contributed by atoms with Crippen molar-refractivity contribution in [1.82, 2.24) is 4.90 Å². The Kier molecular flexibility index (Phi) is 6.43. The molecule has 21 heavy (non-hydrogen) atoms. The molecule has 0 N–H and O–H groups in total. The summed E-state index contributed by atoms with van der Waals surface area (Å²) in [5.74, 6) is -0.238. The van der Waals surface area contributed by atoms with E-state index in [0.717, 1.165) is 37.1 Å². The maximum atomic E-state index is 12.1. The van der Waals surface area contributed by atoms with Crippen molar-refractivity contribution in [3.63, 3.8) is 0 Å². The van der Waals surface area contributed by atoms with E-state index in [9.17, 15) is 4.79 Å². The molecule has 1 heterocycles. The van der Waals surface area contributed by atoms with Gasteiger partial charge in [-0.2, -0.15) is 0 Å². The van der Waals surface area contributed by atoms with Crippen LogP contribution in [0.4, 0.5) is 0 Å². The number of esters is 1. The van der Waals surface area contributed by atoms with E-state index in [1.807, 2.05) is 32.0 Å². The van der Waals surface area contributed by atoms with Gasteiger partial charge in [-0.1, -0.05) is 35.9 Å². The van der Waals surface area contributed by atoms with Gasteiger partial charge in [-0.05, 0) is 26.5 Å². The van der Waals surface area contributed by atoms with Gasteiger partial charge < -0.3 is 9.64 Å². The van der Waals surface area contributed by atoms with E-state index in [-0.39, 0.29) is 18.4 Å². The van der Waals surface area contributed by atoms with Crippen LogP contribution in [0, 0.1) is 0 Å². The minimum Gasteiger partial charge on any atom is -0.451 e. The summed E-state index contributed by atoms with van der Waals surface area (Å²) in [5, 5.41) is 0. The molecule has 0 amide bonds. The molecular formula is C17H24ClNO2. The number of carbonyl (C=O) groups excluding carboxylic acids is 1. The van der Waals surface area contributed by atoms with Crippen LogP contribution in [-0.2, 0) is 15.1 Å². The highest BCUT2D eigenvalue weighted by molar-refractivity contribution is 5.85. The minimum absolute atomic E-state index is 0. The van der Waals surface area contributed by atoms with E-state index < -0.39 is 5.60 Å². The average molecular weight is 310 g/mol. The van der Waals surface area contributed by atoms with Gasteiger partial charge in [0.25, 0.3) is 0 Å². The number of hydrogen-bond donors (Lipinski definition) is 0. The van der Waals surface area contributed by atoms with E-state index in [1.54, 1.807) is 6.08 Å². The first-order chi connectivity index (χ1) is 9.52. The molecule has 2 rings (SSSR count). The summed E-state index contributed by atoms with van der Waals surface area (Å²) in [7, 11) is 2.10. The Balaban J connectivity index is 0.00000220. The second-order valence-electron chi connectivity index (χ2n) is 5.81. The molecule has 0 spiro atoms. The first kappa shape index (κ1) is 17.7. The molecule has 0 unspecified atom stereocenters. The molecule has 4 heteroatoms. The molecule has 1 aliphatic rings. The number of carbonyl (C=O) groups is 1. The van der Waals surface area contributed by atoms with Gasteiger partial charge in [0, 0.05) is 32.0 Å². The van der Waals surface area contributed by atoms with Gasteiger partial charge in [0.2, 0.25) is 0 Å². The normalized spacial score (nSPS) is 17.5. The zero-order chi connectivity index (χ0) is 14.6. The summed E-state index contributed by atoms with van der Waals surface area (Å²) in [6.07, 6.45) is 3.26. The second kappa shape index (κ2) is 7.62. The van der Waals surface area contributed by atoms with Gasteiger partial charge in [0.1, 0.15) is 5.60 Å². The van der Waals surface area contributed by atoms with Crippen molar-refractivity contribution in [2.24, 2.45) is 0 Å². The maximum Gasteiger partial charge on any atom is 0.331 e. The van der Waals surface area contributed by atoms with Crippen molar-refractivity contribution in [3.8, 4) is 0 Å². The Labute approximate surface area is 133 Å². The third-order valence-corrected chi connectivity index (χ3v) is 3.80. The van der Waals surface area contributed by atoms with Gasteiger partial charge in [-0.15, -0.1) is 12.4 Å². The SMILES string of the molecule is CC(C)=CC(=O)OC1(c2ccccc2)CCN(C)CC1.Cl. The number of benzene rings is 1. The van der Waals surface area contributed by atoms with Crippen molar-refractivity contribution in [2.45, 2.75) is 32.3 Å². The van der Waals surface area contributed by atoms with Crippen LogP contribution >= 0.6 is 12.4 Å². The Morgan fingerprint density at radius 1 is 1.19 bits per heavy atom. The molecule has 1 aromatic rings. The highest BCUT2D eigenvalue weighted by Crippen LogP contribution is 2.36. The third kappa shape index (κ3) is 4.58. The van der Waals surface area contributed by atoms with Crippen LogP contribution in [0.2, 0.25) is 0 Å². The Bertz CT molecular complexity index is 487. The minimum atomic E-state index is -0.475. The van der Waals surface area contributed by atoms with E-state index in [2.05, 4.69) is 24.1 Å². The quantitative estimate of drug-likeness (QED) is 0.632. The van der Waals surface area contributed by atoms with Crippen LogP contribution in [0.15, 0.2) is 42.0 Å². The standard InChI is InChI=1S/C17H23NO2.ClH/c1-14(2)13-16(19)20-17(9-11-18(3)12-10-17)15-7-5-4-6-8-15;/h4-8,13H,9-12H2,1-3H3;1H. The molecule has 0 aromatic heterocycles.